The highest BCUT2D eigenvalue weighted by atomic mass is 35.5. The third kappa shape index (κ3) is 7.52. The molecule has 0 saturated heterocycles. The summed E-state index contributed by atoms with van der Waals surface area (Å²) in [5, 5.41) is 17.1. The van der Waals surface area contributed by atoms with Crippen LogP contribution in [0, 0.1) is 0 Å². The van der Waals surface area contributed by atoms with Gasteiger partial charge in [-0.25, -0.2) is 4.98 Å². The topological polar surface area (TPSA) is 79.2 Å². The summed E-state index contributed by atoms with van der Waals surface area (Å²) in [6.07, 6.45) is 4.06. The van der Waals surface area contributed by atoms with Gasteiger partial charge in [0.1, 0.15) is 5.82 Å². The summed E-state index contributed by atoms with van der Waals surface area (Å²) in [6.45, 7) is 1.87. The molecule has 0 bridgehead atoms. The lowest BCUT2D eigenvalue weighted by Gasteiger charge is -2.12. The van der Waals surface area contributed by atoms with E-state index in [2.05, 4.69) is 15.6 Å². The number of carbonyl (C=O) groups is 1. The van der Waals surface area contributed by atoms with Crippen LogP contribution in [0.2, 0.25) is 5.02 Å². The molecule has 1 atom stereocenters. The van der Waals surface area contributed by atoms with Gasteiger partial charge >= 0.3 is 0 Å². The molecule has 1 amide bonds. The highest BCUT2D eigenvalue weighted by Crippen LogP contribution is 2.15. The predicted molar refractivity (Wildman–Crippen MR) is 140 cm³/mol. The normalized spacial score (nSPS) is 11.8. The molecule has 3 N–H and O–H groups in total. The smallest absolute Gasteiger partial charge is 0.231 e. The minimum Gasteiger partial charge on any atom is -0.387 e. The van der Waals surface area contributed by atoms with Gasteiger partial charge in [-0.3, -0.25) is 4.79 Å². The molecule has 3 aromatic carbocycles. The standard InChI is InChI=1S/C28H29ClN4O2/c29-24-8-4-5-22(17-24)20-33-16-15-31-27(33)18-28(35)32-25-11-9-21(10-12-25)13-14-30-19-26(34)23-6-2-1-3-7-23/h1-12,15-17,26,30,34H,13-14,18-20H2,(H,32,35)/t26-/m0/s1. The Balaban J connectivity index is 1.22. The van der Waals surface area contributed by atoms with Crippen LogP contribution in [0.3, 0.4) is 0 Å². The Labute approximate surface area is 210 Å². The van der Waals surface area contributed by atoms with Crippen molar-refractivity contribution in [2.45, 2.75) is 25.5 Å². The average Bonchev–Trinajstić information content (AvgIpc) is 3.29. The number of carbonyl (C=O) groups excluding carboxylic acids is 1. The summed E-state index contributed by atoms with van der Waals surface area (Å²) in [5.41, 5.74) is 3.87. The fourth-order valence-electron chi connectivity index (χ4n) is 3.85. The summed E-state index contributed by atoms with van der Waals surface area (Å²) < 4.78 is 1.95. The number of anilines is 1. The highest BCUT2D eigenvalue weighted by Gasteiger charge is 2.11. The van der Waals surface area contributed by atoms with Crippen molar-refractivity contribution < 1.29 is 9.90 Å². The van der Waals surface area contributed by atoms with E-state index in [1.807, 2.05) is 89.6 Å². The molecule has 0 aliphatic carbocycles. The number of hydrogen-bond acceptors (Lipinski definition) is 4. The van der Waals surface area contributed by atoms with Crippen LogP contribution in [-0.2, 0) is 24.2 Å². The number of hydrogen-bond donors (Lipinski definition) is 3. The number of nitrogens with zero attached hydrogens (tertiary/aromatic N) is 2. The van der Waals surface area contributed by atoms with Gasteiger partial charge in [-0.1, -0.05) is 66.2 Å². The Bertz CT molecular complexity index is 1230. The number of aliphatic hydroxyl groups excluding tert-OH is 1. The van der Waals surface area contributed by atoms with Gasteiger partial charge in [0.15, 0.2) is 0 Å². The maximum Gasteiger partial charge on any atom is 0.231 e. The van der Waals surface area contributed by atoms with Crippen LogP contribution < -0.4 is 10.6 Å². The van der Waals surface area contributed by atoms with Crippen LogP contribution in [0.25, 0.3) is 0 Å². The number of halogens is 1. The van der Waals surface area contributed by atoms with Crippen molar-refractivity contribution in [1.29, 1.82) is 0 Å². The van der Waals surface area contributed by atoms with Crippen molar-refractivity contribution in [3.63, 3.8) is 0 Å². The van der Waals surface area contributed by atoms with Gasteiger partial charge < -0.3 is 20.3 Å². The molecule has 180 valence electrons. The van der Waals surface area contributed by atoms with Crippen LogP contribution in [0.15, 0.2) is 91.3 Å². The zero-order valence-corrected chi connectivity index (χ0v) is 20.2. The lowest BCUT2D eigenvalue weighted by atomic mass is 10.1. The maximum atomic E-state index is 12.6. The van der Waals surface area contributed by atoms with E-state index in [0.717, 1.165) is 35.3 Å². The largest absolute Gasteiger partial charge is 0.387 e. The first-order valence-electron chi connectivity index (χ1n) is 11.6. The van der Waals surface area contributed by atoms with Crippen LogP contribution in [0.5, 0.6) is 0 Å². The van der Waals surface area contributed by atoms with E-state index < -0.39 is 6.10 Å². The van der Waals surface area contributed by atoms with Crippen molar-refractivity contribution in [2.24, 2.45) is 0 Å². The van der Waals surface area contributed by atoms with E-state index >= 15 is 0 Å². The van der Waals surface area contributed by atoms with Gasteiger partial charge in [0.05, 0.1) is 12.5 Å². The minimum atomic E-state index is -0.519. The molecule has 6 nitrogen and oxygen atoms in total. The second kappa shape index (κ2) is 12.3. The van der Waals surface area contributed by atoms with Gasteiger partial charge in [0.25, 0.3) is 0 Å². The van der Waals surface area contributed by atoms with E-state index in [1.165, 1.54) is 0 Å². The molecular formula is C28H29ClN4O2. The molecular weight excluding hydrogens is 460 g/mol. The van der Waals surface area contributed by atoms with Gasteiger partial charge in [-0.2, -0.15) is 0 Å². The maximum absolute atomic E-state index is 12.6. The lowest BCUT2D eigenvalue weighted by molar-refractivity contribution is -0.115. The quantitative estimate of drug-likeness (QED) is 0.269. The Kier molecular flexibility index (Phi) is 8.68. The number of nitrogens with one attached hydrogen (secondary N) is 2. The summed E-state index contributed by atoms with van der Waals surface area (Å²) in [5.74, 6) is 0.579. The van der Waals surface area contributed by atoms with Crippen molar-refractivity contribution >= 4 is 23.2 Å². The number of imidazole rings is 1. The van der Waals surface area contributed by atoms with Crippen molar-refractivity contribution in [2.75, 3.05) is 18.4 Å². The molecule has 4 rings (SSSR count). The van der Waals surface area contributed by atoms with Crippen LogP contribution in [0.4, 0.5) is 5.69 Å². The van der Waals surface area contributed by atoms with Crippen molar-refractivity contribution in [1.82, 2.24) is 14.9 Å². The van der Waals surface area contributed by atoms with E-state index in [1.54, 1.807) is 6.20 Å². The summed E-state index contributed by atoms with van der Waals surface area (Å²) in [6, 6.07) is 25.1. The first-order chi connectivity index (χ1) is 17.1. The minimum absolute atomic E-state index is 0.118. The fraction of sp³-hybridized carbons (Fsp3) is 0.214. The van der Waals surface area contributed by atoms with E-state index in [4.69, 9.17) is 11.6 Å². The molecule has 0 spiro atoms. The summed E-state index contributed by atoms with van der Waals surface area (Å²) in [7, 11) is 0. The first-order valence-corrected chi connectivity index (χ1v) is 12.0. The van der Waals surface area contributed by atoms with E-state index in [-0.39, 0.29) is 12.3 Å². The van der Waals surface area contributed by atoms with E-state index in [9.17, 15) is 9.90 Å². The molecule has 0 unspecified atom stereocenters. The Hall–Kier alpha value is -3.45. The van der Waals surface area contributed by atoms with Crippen LogP contribution in [0.1, 0.15) is 28.6 Å². The Morgan fingerprint density at radius 2 is 1.80 bits per heavy atom. The van der Waals surface area contributed by atoms with Crippen molar-refractivity contribution in [3.05, 3.63) is 119 Å². The average molecular weight is 489 g/mol. The van der Waals surface area contributed by atoms with Gasteiger partial charge in [-0.05, 0) is 53.9 Å². The third-order valence-corrected chi connectivity index (χ3v) is 5.95. The third-order valence-electron chi connectivity index (χ3n) is 5.71. The van der Waals surface area contributed by atoms with Crippen molar-refractivity contribution in [3.8, 4) is 0 Å². The SMILES string of the molecule is O=C(Cc1nccn1Cc1cccc(Cl)c1)Nc1ccc(CCNC[C@H](O)c2ccccc2)cc1. The molecule has 0 fully saturated rings. The lowest BCUT2D eigenvalue weighted by Crippen LogP contribution is -2.23. The molecule has 4 aromatic rings. The Morgan fingerprint density at radius 1 is 1.00 bits per heavy atom. The Morgan fingerprint density at radius 3 is 2.57 bits per heavy atom. The fourth-order valence-corrected chi connectivity index (χ4v) is 4.06. The summed E-state index contributed by atoms with van der Waals surface area (Å²) >= 11 is 6.08. The van der Waals surface area contributed by atoms with Gasteiger partial charge in [-0.15, -0.1) is 0 Å². The second-order valence-corrected chi connectivity index (χ2v) is 8.84. The molecule has 35 heavy (non-hydrogen) atoms. The number of aliphatic hydroxyl groups is 1. The molecule has 7 heteroatoms. The monoisotopic (exact) mass is 488 g/mol. The van der Waals surface area contributed by atoms with Crippen LogP contribution in [-0.4, -0.2) is 33.7 Å². The molecule has 0 saturated carbocycles. The van der Waals surface area contributed by atoms with Crippen LogP contribution >= 0.6 is 11.6 Å². The molecule has 0 aliphatic heterocycles. The summed E-state index contributed by atoms with van der Waals surface area (Å²) in [4.78, 5) is 16.9. The highest BCUT2D eigenvalue weighted by molar-refractivity contribution is 6.30. The number of benzene rings is 3. The molecule has 0 aliphatic rings. The van der Waals surface area contributed by atoms with Gasteiger partial charge in [0.2, 0.25) is 5.91 Å². The van der Waals surface area contributed by atoms with E-state index in [0.29, 0.717) is 23.9 Å². The predicted octanol–water partition coefficient (Wildman–Crippen LogP) is 4.63. The second-order valence-electron chi connectivity index (χ2n) is 8.40. The molecule has 1 aromatic heterocycles. The zero-order valence-electron chi connectivity index (χ0n) is 19.4. The number of rotatable bonds is 11. The molecule has 1 heterocycles. The molecule has 0 radical (unpaired) electrons. The number of aromatic nitrogens is 2. The van der Waals surface area contributed by atoms with Gasteiger partial charge in [0, 0.05) is 36.2 Å². The first kappa shape index (κ1) is 24.7. The number of amides is 1. The zero-order chi connectivity index (χ0) is 24.5.